The highest BCUT2D eigenvalue weighted by molar-refractivity contribution is 4.86. The lowest BCUT2D eigenvalue weighted by Gasteiger charge is -2.26. The number of aliphatic hydroxyl groups is 1. The van der Waals surface area contributed by atoms with Gasteiger partial charge in [0.05, 0.1) is 6.10 Å². The van der Waals surface area contributed by atoms with Gasteiger partial charge >= 0.3 is 0 Å². The van der Waals surface area contributed by atoms with Crippen LogP contribution in [0.5, 0.6) is 0 Å². The van der Waals surface area contributed by atoms with Crippen LogP contribution in [0.25, 0.3) is 0 Å². The molecule has 4 nitrogen and oxygen atoms in total. The molecule has 0 amide bonds. The molecule has 1 rings (SSSR count). The summed E-state index contributed by atoms with van der Waals surface area (Å²) in [5, 5.41) is 9.65. The Labute approximate surface area is 93.0 Å². The highest BCUT2D eigenvalue weighted by Crippen LogP contribution is 2.18. The molecule has 0 radical (unpaired) electrons. The van der Waals surface area contributed by atoms with E-state index in [9.17, 15) is 5.11 Å². The molecule has 2 atom stereocenters. The van der Waals surface area contributed by atoms with E-state index in [4.69, 9.17) is 5.73 Å². The van der Waals surface area contributed by atoms with E-state index in [2.05, 4.69) is 23.9 Å². The smallest absolute Gasteiger partial charge is 0.0682 e. The van der Waals surface area contributed by atoms with Crippen LogP contribution in [0.1, 0.15) is 19.3 Å². The van der Waals surface area contributed by atoms with Crippen molar-refractivity contribution in [2.45, 2.75) is 31.4 Å². The fourth-order valence-electron chi connectivity index (χ4n) is 2.30. The second-order valence-electron chi connectivity index (χ2n) is 4.80. The van der Waals surface area contributed by atoms with Gasteiger partial charge in [-0.3, -0.25) is 4.90 Å². The van der Waals surface area contributed by atoms with E-state index in [-0.39, 0.29) is 6.10 Å². The molecule has 1 saturated heterocycles. The number of β-amino-alcohol motifs (C(OH)–C–C–N with tert-alkyl or cyclic N) is 1. The summed E-state index contributed by atoms with van der Waals surface area (Å²) in [7, 11) is 4.17. The van der Waals surface area contributed by atoms with E-state index in [0.29, 0.717) is 6.04 Å². The molecule has 0 spiro atoms. The van der Waals surface area contributed by atoms with E-state index < -0.39 is 0 Å². The Bertz CT molecular complexity index is 175. The van der Waals surface area contributed by atoms with Gasteiger partial charge in [-0.05, 0) is 46.4 Å². The molecule has 3 N–H and O–H groups in total. The van der Waals surface area contributed by atoms with Crippen molar-refractivity contribution in [2.75, 3.05) is 40.3 Å². The van der Waals surface area contributed by atoms with Gasteiger partial charge in [-0.2, -0.15) is 0 Å². The summed E-state index contributed by atoms with van der Waals surface area (Å²) in [6, 6.07) is 0.521. The number of rotatable bonds is 6. The number of aliphatic hydroxyl groups excluding tert-OH is 1. The summed E-state index contributed by atoms with van der Waals surface area (Å²) in [5.41, 5.74) is 5.48. The number of hydrogen-bond donors (Lipinski definition) is 2. The molecule has 1 aliphatic rings. The summed E-state index contributed by atoms with van der Waals surface area (Å²) < 4.78 is 0. The zero-order chi connectivity index (χ0) is 11.3. The van der Waals surface area contributed by atoms with Crippen molar-refractivity contribution in [2.24, 2.45) is 5.73 Å². The molecule has 0 aliphatic carbocycles. The van der Waals surface area contributed by atoms with Gasteiger partial charge in [0.2, 0.25) is 0 Å². The SMILES string of the molecule is CN(C)CC1CC(O)CN1CCCCN. The minimum Gasteiger partial charge on any atom is -0.392 e. The summed E-state index contributed by atoms with van der Waals surface area (Å²) >= 11 is 0. The topological polar surface area (TPSA) is 52.7 Å². The number of likely N-dealkylation sites (tertiary alicyclic amines) is 1. The molecule has 0 saturated carbocycles. The van der Waals surface area contributed by atoms with E-state index in [1.165, 1.54) is 0 Å². The van der Waals surface area contributed by atoms with Crippen LogP contribution in [-0.2, 0) is 0 Å². The maximum Gasteiger partial charge on any atom is 0.0682 e. The first-order chi connectivity index (χ1) is 7.13. The normalized spacial score (nSPS) is 27.8. The average Bonchev–Trinajstić information content (AvgIpc) is 2.46. The zero-order valence-corrected chi connectivity index (χ0v) is 10.0. The summed E-state index contributed by atoms with van der Waals surface area (Å²) in [6.07, 6.45) is 3.02. The van der Waals surface area contributed by atoms with Crippen LogP contribution in [-0.4, -0.2) is 67.3 Å². The van der Waals surface area contributed by atoms with Crippen LogP contribution in [0.2, 0.25) is 0 Å². The predicted molar refractivity (Wildman–Crippen MR) is 62.8 cm³/mol. The van der Waals surface area contributed by atoms with Gasteiger partial charge in [0.25, 0.3) is 0 Å². The van der Waals surface area contributed by atoms with Gasteiger partial charge in [0, 0.05) is 19.1 Å². The zero-order valence-electron chi connectivity index (χ0n) is 10.0. The van der Waals surface area contributed by atoms with Crippen molar-refractivity contribution in [3.8, 4) is 0 Å². The van der Waals surface area contributed by atoms with Crippen LogP contribution in [0.4, 0.5) is 0 Å². The molecular formula is C11H25N3O. The fourth-order valence-corrected chi connectivity index (χ4v) is 2.30. The molecule has 1 heterocycles. The molecule has 15 heavy (non-hydrogen) atoms. The van der Waals surface area contributed by atoms with Crippen molar-refractivity contribution < 1.29 is 5.11 Å². The first-order valence-electron chi connectivity index (χ1n) is 5.90. The van der Waals surface area contributed by atoms with Gasteiger partial charge in [-0.25, -0.2) is 0 Å². The second-order valence-corrected chi connectivity index (χ2v) is 4.80. The van der Waals surface area contributed by atoms with E-state index in [1.807, 2.05) is 0 Å². The number of unbranched alkanes of at least 4 members (excludes halogenated alkanes) is 1. The Morgan fingerprint density at radius 2 is 2.13 bits per heavy atom. The van der Waals surface area contributed by atoms with Gasteiger partial charge in [0.15, 0.2) is 0 Å². The molecular weight excluding hydrogens is 190 g/mol. The van der Waals surface area contributed by atoms with Crippen molar-refractivity contribution in [1.82, 2.24) is 9.80 Å². The molecule has 0 aromatic heterocycles. The van der Waals surface area contributed by atoms with Gasteiger partial charge in [0.1, 0.15) is 0 Å². The Kier molecular flexibility index (Phi) is 5.53. The fraction of sp³-hybridized carbons (Fsp3) is 1.00. The van der Waals surface area contributed by atoms with Crippen LogP contribution in [0.3, 0.4) is 0 Å². The Balaban J connectivity index is 2.31. The lowest BCUT2D eigenvalue weighted by Crippen LogP contribution is -2.38. The molecule has 2 unspecified atom stereocenters. The third kappa shape index (κ3) is 4.47. The van der Waals surface area contributed by atoms with Crippen LogP contribution in [0.15, 0.2) is 0 Å². The quantitative estimate of drug-likeness (QED) is 0.599. The molecule has 4 heteroatoms. The number of likely N-dealkylation sites (N-methyl/N-ethyl adjacent to an activating group) is 1. The first kappa shape index (κ1) is 12.9. The second kappa shape index (κ2) is 6.43. The Morgan fingerprint density at radius 1 is 1.40 bits per heavy atom. The summed E-state index contributed by atoms with van der Waals surface area (Å²) in [6.45, 7) is 3.73. The van der Waals surface area contributed by atoms with Crippen LogP contribution < -0.4 is 5.73 Å². The molecule has 0 aromatic carbocycles. The van der Waals surface area contributed by atoms with E-state index in [1.54, 1.807) is 0 Å². The Hall–Kier alpha value is -0.160. The molecule has 1 fully saturated rings. The van der Waals surface area contributed by atoms with Crippen molar-refractivity contribution in [1.29, 1.82) is 0 Å². The van der Waals surface area contributed by atoms with Gasteiger partial charge in [-0.1, -0.05) is 0 Å². The molecule has 0 bridgehead atoms. The number of hydrogen-bond acceptors (Lipinski definition) is 4. The van der Waals surface area contributed by atoms with Crippen molar-refractivity contribution >= 4 is 0 Å². The van der Waals surface area contributed by atoms with Crippen LogP contribution >= 0.6 is 0 Å². The van der Waals surface area contributed by atoms with Crippen molar-refractivity contribution in [3.05, 3.63) is 0 Å². The van der Waals surface area contributed by atoms with Crippen molar-refractivity contribution in [3.63, 3.8) is 0 Å². The predicted octanol–water partition coefficient (Wildman–Crippen LogP) is -0.278. The minimum atomic E-state index is -0.132. The average molecular weight is 215 g/mol. The lowest BCUT2D eigenvalue weighted by molar-refractivity contribution is 0.172. The largest absolute Gasteiger partial charge is 0.392 e. The number of nitrogens with zero attached hydrogens (tertiary/aromatic N) is 2. The van der Waals surface area contributed by atoms with E-state index in [0.717, 1.165) is 45.4 Å². The van der Waals surface area contributed by atoms with E-state index >= 15 is 0 Å². The summed E-state index contributed by atoms with van der Waals surface area (Å²) in [5.74, 6) is 0. The highest BCUT2D eigenvalue weighted by Gasteiger charge is 2.30. The molecule has 90 valence electrons. The molecule has 1 aliphatic heterocycles. The van der Waals surface area contributed by atoms with Gasteiger partial charge < -0.3 is 15.7 Å². The maximum absolute atomic E-state index is 9.65. The highest BCUT2D eigenvalue weighted by atomic mass is 16.3. The lowest BCUT2D eigenvalue weighted by atomic mass is 10.2. The Morgan fingerprint density at radius 3 is 2.73 bits per heavy atom. The third-order valence-electron chi connectivity index (χ3n) is 2.98. The molecule has 0 aromatic rings. The van der Waals surface area contributed by atoms with Crippen LogP contribution in [0, 0.1) is 0 Å². The maximum atomic E-state index is 9.65. The third-order valence-corrected chi connectivity index (χ3v) is 2.98. The number of nitrogens with two attached hydrogens (primary N) is 1. The first-order valence-corrected chi connectivity index (χ1v) is 5.90. The minimum absolute atomic E-state index is 0.132. The summed E-state index contributed by atoms with van der Waals surface area (Å²) in [4.78, 5) is 4.60. The standard InChI is InChI=1S/C11H25N3O/c1-13(2)8-10-7-11(15)9-14(10)6-4-3-5-12/h10-11,15H,3-9,12H2,1-2H3. The van der Waals surface area contributed by atoms with Gasteiger partial charge in [-0.15, -0.1) is 0 Å². The monoisotopic (exact) mass is 215 g/mol.